The first kappa shape index (κ1) is 13.1. The van der Waals surface area contributed by atoms with Crippen LogP contribution in [0.15, 0.2) is 36.4 Å². The van der Waals surface area contributed by atoms with Gasteiger partial charge >= 0.3 is 0 Å². The molecule has 20 heavy (non-hydrogen) atoms. The Bertz CT molecular complexity index is 772. The summed E-state index contributed by atoms with van der Waals surface area (Å²) in [6.45, 7) is 3.89. The predicted molar refractivity (Wildman–Crippen MR) is 80.1 cm³/mol. The number of hydrogen-bond acceptors (Lipinski definition) is 1. The molecule has 0 saturated heterocycles. The minimum Gasteiger partial charge on any atom is -0.295 e. The maximum Gasteiger partial charge on any atom is 0.129 e. The average Bonchev–Trinajstić information content (AvgIpc) is 2.75. The highest BCUT2D eigenvalue weighted by Gasteiger charge is 2.12. The molecule has 1 heterocycles. The summed E-state index contributed by atoms with van der Waals surface area (Å²) in [5.74, 6) is 0.746. The van der Waals surface area contributed by atoms with Crippen LogP contribution in [0.25, 0.3) is 16.7 Å². The summed E-state index contributed by atoms with van der Waals surface area (Å²) in [7, 11) is 0. The van der Waals surface area contributed by atoms with Gasteiger partial charge in [0.2, 0.25) is 0 Å². The van der Waals surface area contributed by atoms with Gasteiger partial charge in [-0.1, -0.05) is 6.07 Å². The summed E-state index contributed by atoms with van der Waals surface area (Å²) in [5.41, 5.74) is 4.58. The zero-order valence-electron chi connectivity index (χ0n) is 11.3. The van der Waals surface area contributed by atoms with Crippen LogP contribution in [0.5, 0.6) is 0 Å². The Hall–Kier alpha value is -1.87. The van der Waals surface area contributed by atoms with Crippen molar-refractivity contribution in [3.63, 3.8) is 0 Å². The molecule has 0 fully saturated rings. The van der Waals surface area contributed by atoms with E-state index in [0.717, 1.165) is 33.7 Å². The number of fused-ring (bicyclic) bond motifs is 1. The molecular weight excluding hydrogens is 275 g/mol. The minimum absolute atomic E-state index is 0.255. The Morgan fingerprint density at radius 2 is 1.90 bits per heavy atom. The van der Waals surface area contributed by atoms with Gasteiger partial charge in [-0.05, 0) is 55.3 Å². The van der Waals surface area contributed by atoms with Crippen LogP contribution in [0.1, 0.15) is 17.0 Å². The number of benzene rings is 2. The monoisotopic (exact) mass is 288 g/mol. The van der Waals surface area contributed by atoms with E-state index in [2.05, 4.69) is 4.98 Å². The highest BCUT2D eigenvalue weighted by molar-refractivity contribution is 6.17. The van der Waals surface area contributed by atoms with E-state index >= 15 is 0 Å². The van der Waals surface area contributed by atoms with E-state index in [1.807, 2.05) is 42.7 Å². The summed E-state index contributed by atoms with van der Waals surface area (Å²) in [4.78, 5) is 4.52. The number of aromatic nitrogens is 2. The largest absolute Gasteiger partial charge is 0.295 e. The van der Waals surface area contributed by atoms with Gasteiger partial charge in [-0.3, -0.25) is 4.57 Å². The van der Waals surface area contributed by atoms with Gasteiger partial charge in [0.25, 0.3) is 0 Å². The molecule has 3 rings (SSSR count). The van der Waals surface area contributed by atoms with E-state index in [1.54, 1.807) is 0 Å². The van der Waals surface area contributed by atoms with Crippen LogP contribution in [0.4, 0.5) is 4.39 Å². The SMILES string of the molecule is Cc1cc(F)cc(-n2c(CCl)nc3ccc(C)cc32)c1. The van der Waals surface area contributed by atoms with Crippen molar-refractivity contribution in [1.29, 1.82) is 0 Å². The van der Waals surface area contributed by atoms with Crippen LogP contribution >= 0.6 is 11.6 Å². The molecule has 2 nitrogen and oxygen atoms in total. The molecule has 0 atom stereocenters. The highest BCUT2D eigenvalue weighted by atomic mass is 35.5. The molecule has 0 aliphatic rings. The summed E-state index contributed by atoms with van der Waals surface area (Å²) in [6, 6.07) is 11.0. The van der Waals surface area contributed by atoms with Gasteiger partial charge in [0.05, 0.1) is 22.6 Å². The lowest BCUT2D eigenvalue weighted by molar-refractivity contribution is 0.625. The number of rotatable bonds is 2. The van der Waals surface area contributed by atoms with Crippen LogP contribution in [0.3, 0.4) is 0 Å². The van der Waals surface area contributed by atoms with Crippen molar-refractivity contribution < 1.29 is 4.39 Å². The molecule has 0 amide bonds. The van der Waals surface area contributed by atoms with Gasteiger partial charge in [-0.2, -0.15) is 0 Å². The van der Waals surface area contributed by atoms with E-state index in [0.29, 0.717) is 0 Å². The standard InChI is InChI=1S/C16H14ClFN2/c1-10-3-4-14-15(7-10)20(16(9-17)19-14)13-6-11(2)5-12(18)8-13/h3-8H,9H2,1-2H3. The van der Waals surface area contributed by atoms with Crippen molar-refractivity contribution in [1.82, 2.24) is 9.55 Å². The minimum atomic E-state index is -0.255. The second-order valence-electron chi connectivity index (χ2n) is 4.98. The van der Waals surface area contributed by atoms with Gasteiger partial charge in [0.1, 0.15) is 11.6 Å². The number of nitrogens with zero attached hydrogens (tertiary/aromatic N) is 2. The fourth-order valence-electron chi connectivity index (χ4n) is 2.46. The Labute approximate surface area is 121 Å². The first-order valence-corrected chi connectivity index (χ1v) is 6.93. The fraction of sp³-hybridized carbons (Fsp3) is 0.188. The van der Waals surface area contributed by atoms with Crippen LogP contribution in [-0.4, -0.2) is 9.55 Å². The van der Waals surface area contributed by atoms with Gasteiger partial charge in [0.15, 0.2) is 0 Å². The van der Waals surface area contributed by atoms with E-state index in [1.165, 1.54) is 12.1 Å². The first-order valence-electron chi connectivity index (χ1n) is 6.40. The van der Waals surface area contributed by atoms with Gasteiger partial charge in [-0.15, -0.1) is 11.6 Å². The van der Waals surface area contributed by atoms with Crippen molar-refractivity contribution in [3.8, 4) is 5.69 Å². The molecule has 102 valence electrons. The zero-order valence-corrected chi connectivity index (χ0v) is 12.1. The van der Waals surface area contributed by atoms with Gasteiger partial charge in [-0.25, -0.2) is 9.37 Å². The van der Waals surface area contributed by atoms with Crippen molar-refractivity contribution >= 4 is 22.6 Å². The van der Waals surface area contributed by atoms with Crippen LogP contribution in [-0.2, 0) is 5.88 Å². The lowest BCUT2D eigenvalue weighted by Gasteiger charge is -2.09. The third-order valence-electron chi connectivity index (χ3n) is 3.28. The predicted octanol–water partition coefficient (Wildman–Crippen LogP) is 4.52. The molecule has 0 radical (unpaired) electrons. The second-order valence-corrected chi connectivity index (χ2v) is 5.24. The summed E-state index contributed by atoms with van der Waals surface area (Å²) < 4.78 is 15.6. The summed E-state index contributed by atoms with van der Waals surface area (Å²) >= 11 is 6.00. The number of imidazole rings is 1. The molecular formula is C16H14ClFN2. The molecule has 0 aliphatic carbocycles. The lowest BCUT2D eigenvalue weighted by Crippen LogP contribution is -2.00. The number of hydrogen-bond donors (Lipinski definition) is 0. The molecule has 0 N–H and O–H groups in total. The molecule has 0 saturated carbocycles. The topological polar surface area (TPSA) is 17.8 Å². The summed E-state index contributed by atoms with van der Waals surface area (Å²) in [6.07, 6.45) is 0. The summed E-state index contributed by atoms with van der Waals surface area (Å²) in [5, 5.41) is 0. The van der Waals surface area contributed by atoms with Crippen LogP contribution in [0.2, 0.25) is 0 Å². The molecule has 4 heteroatoms. The molecule has 3 aromatic rings. The smallest absolute Gasteiger partial charge is 0.129 e. The Morgan fingerprint density at radius 1 is 1.10 bits per heavy atom. The second kappa shape index (κ2) is 4.91. The lowest BCUT2D eigenvalue weighted by atomic mass is 10.2. The van der Waals surface area contributed by atoms with E-state index in [9.17, 15) is 4.39 Å². The Balaban J connectivity index is 2.35. The van der Waals surface area contributed by atoms with E-state index < -0.39 is 0 Å². The number of alkyl halides is 1. The van der Waals surface area contributed by atoms with Crippen LogP contribution in [0, 0.1) is 19.7 Å². The van der Waals surface area contributed by atoms with E-state index in [4.69, 9.17) is 11.6 Å². The molecule has 0 unspecified atom stereocenters. The fourth-order valence-corrected chi connectivity index (χ4v) is 2.64. The Kier molecular flexibility index (Phi) is 3.22. The zero-order chi connectivity index (χ0) is 14.3. The Morgan fingerprint density at radius 3 is 2.60 bits per heavy atom. The van der Waals surface area contributed by atoms with Crippen molar-refractivity contribution in [3.05, 3.63) is 59.2 Å². The van der Waals surface area contributed by atoms with Crippen LogP contribution < -0.4 is 0 Å². The maximum atomic E-state index is 13.7. The van der Waals surface area contributed by atoms with Crippen molar-refractivity contribution in [2.24, 2.45) is 0 Å². The normalized spacial score (nSPS) is 11.2. The van der Waals surface area contributed by atoms with Gasteiger partial charge in [0, 0.05) is 0 Å². The molecule has 0 spiro atoms. The van der Waals surface area contributed by atoms with Crippen molar-refractivity contribution in [2.45, 2.75) is 19.7 Å². The van der Waals surface area contributed by atoms with Crippen molar-refractivity contribution in [2.75, 3.05) is 0 Å². The third kappa shape index (κ3) is 2.18. The number of halogens is 2. The molecule has 1 aromatic heterocycles. The highest BCUT2D eigenvalue weighted by Crippen LogP contribution is 2.25. The third-order valence-corrected chi connectivity index (χ3v) is 3.52. The molecule has 0 aliphatic heterocycles. The van der Waals surface area contributed by atoms with E-state index in [-0.39, 0.29) is 11.7 Å². The first-order chi connectivity index (χ1) is 9.58. The van der Waals surface area contributed by atoms with Gasteiger partial charge < -0.3 is 0 Å². The molecule has 0 bridgehead atoms. The average molecular weight is 289 g/mol. The number of aryl methyl sites for hydroxylation is 2. The quantitative estimate of drug-likeness (QED) is 0.634. The molecule has 2 aromatic carbocycles. The maximum absolute atomic E-state index is 13.7.